The van der Waals surface area contributed by atoms with Crippen LogP contribution in [-0.4, -0.2) is 52.5 Å². The van der Waals surface area contributed by atoms with E-state index >= 15 is 0 Å². The van der Waals surface area contributed by atoms with Gasteiger partial charge in [0.05, 0.1) is 11.8 Å². The lowest BCUT2D eigenvalue weighted by Gasteiger charge is -2.10. The number of benzene rings is 2. The van der Waals surface area contributed by atoms with E-state index in [1.807, 2.05) is 60.7 Å². The van der Waals surface area contributed by atoms with Crippen LogP contribution in [0.2, 0.25) is 0 Å². The lowest BCUT2D eigenvalue weighted by Crippen LogP contribution is -2.34. The Bertz CT molecular complexity index is 941. The predicted molar refractivity (Wildman–Crippen MR) is 109 cm³/mol. The van der Waals surface area contributed by atoms with E-state index < -0.39 is 12.6 Å². The number of esters is 1. The van der Waals surface area contributed by atoms with Gasteiger partial charge in [-0.25, -0.2) is 14.5 Å². The van der Waals surface area contributed by atoms with Gasteiger partial charge in [0.25, 0.3) is 11.7 Å². The van der Waals surface area contributed by atoms with Crippen LogP contribution in [-0.2, 0) is 14.3 Å². The van der Waals surface area contributed by atoms with Crippen molar-refractivity contribution in [3.8, 4) is 17.1 Å². The van der Waals surface area contributed by atoms with E-state index in [0.717, 1.165) is 30.7 Å². The second kappa shape index (κ2) is 9.32. The molecule has 1 atom stereocenters. The maximum Gasteiger partial charge on any atom is 0.378 e. The molecular formula is C22H22N4O4. The molecule has 1 N–H and O–H groups in total. The van der Waals surface area contributed by atoms with Crippen molar-refractivity contribution in [1.29, 1.82) is 0 Å². The Kier molecular flexibility index (Phi) is 6.14. The van der Waals surface area contributed by atoms with Crippen LogP contribution in [0.1, 0.15) is 23.5 Å². The number of carbonyl (C=O) groups is 2. The van der Waals surface area contributed by atoms with Gasteiger partial charge >= 0.3 is 5.97 Å². The predicted octanol–water partition coefficient (Wildman–Crippen LogP) is 2.39. The Morgan fingerprint density at radius 1 is 1.10 bits per heavy atom. The molecule has 1 saturated heterocycles. The molecule has 1 aliphatic heterocycles. The largest absolute Gasteiger partial charge is 0.450 e. The molecule has 2 heterocycles. The molecule has 1 fully saturated rings. The zero-order valence-corrected chi connectivity index (χ0v) is 16.4. The van der Waals surface area contributed by atoms with Crippen LogP contribution < -0.4 is 5.32 Å². The van der Waals surface area contributed by atoms with Crippen LogP contribution >= 0.6 is 0 Å². The summed E-state index contributed by atoms with van der Waals surface area (Å²) in [5.41, 5.74) is 1.57. The number of nitrogens with zero attached hydrogens (tertiary/aromatic N) is 3. The van der Waals surface area contributed by atoms with Gasteiger partial charge in [-0.3, -0.25) is 4.79 Å². The molecular weight excluding hydrogens is 384 g/mol. The van der Waals surface area contributed by atoms with Gasteiger partial charge in [0.15, 0.2) is 12.4 Å². The monoisotopic (exact) mass is 406 g/mol. The zero-order chi connectivity index (χ0) is 20.8. The van der Waals surface area contributed by atoms with Gasteiger partial charge in [-0.15, -0.1) is 5.10 Å². The van der Waals surface area contributed by atoms with E-state index in [1.165, 1.54) is 0 Å². The van der Waals surface area contributed by atoms with Gasteiger partial charge in [-0.05, 0) is 25.0 Å². The molecule has 1 amide bonds. The van der Waals surface area contributed by atoms with Crippen LogP contribution in [0.4, 0.5) is 0 Å². The van der Waals surface area contributed by atoms with E-state index in [9.17, 15) is 9.59 Å². The normalized spacial score (nSPS) is 15.7. The van der Waals surface area contributed by atoms with Crippen molar-refractivity contribution in [3.63, 3.8) is 0 Å². The first kappa shape index (κ1) is 19.8. The van der Waals surface area contributed by atoms with Crippen LogP contribution in [0.25, 0.3) is 17.1 Å². The van der Waals surface area contributed by atoms with Crippen molar-refractivity contribution in [3.05, 3.63) is 66.5 Å². The Morgan fingerprint density at radius 2 is 1.83 bits per heavy atom. The maximum absolute atomic E-state index is 12.5. The molecule has 8 nitrogen and oxygen atoms in total. The number of nitrogens with one attached hydrogen (secondary N) is 1. The van der Waals surface area contributed by atoms with E-state index in [0.29, 0.717) is 12.4 Å². The van der Waals surface area contributed by atoms with E-state index in [1.54, 1.807) is 4.68 Å². The van der Waals surface area contributed by atoms with Crippen LogP contribution in [0, 0.1) is 0 Å². The maximum atomic E-state index is 12.5. The standard InChI is InChI=1S/C22H22N4O4/c27-19(23-14-18-12-7-13-29-18)15-30-22(28)20-24-21(16-8-3-1-4-9-16)26(25-20)17-10-5-2-6-11-17/h1-6,8-11,18H,7,12-15H2,(H,23,27)/t18-/m1/s1. The summed E-state index contributed by atoms with van der Waals surface area (Å²) in [5.74, 6) is -0.736. The summed E-state index contributed by atoms with van der Waals surface area (Å²) in [4.78, 5) is 28.8. The first-order chi connectivity index (χ1) is 14.7. The minimum atomic E-state index is -0.755. The number of carbonyl (C=O) groups excluding carboxylic acids is 2. The highest BCUT2D eigenvalue weighted by Crippen LogP contribution is 2.21. The van der Waals surface area contributed by atoms with Crippen molar-refractivity contribution in [2.75, 3.05) is 19.8 Å². The molecule has 0 saturated carbocycles. The van der Waals surface area contributed by atoms with Crippen LogP contribution in [0.3, 0.4) is 0 Å². The third kappa shape index (κ3) is 4.72. The molecule has 30 heavy (non-hydrogen) atoms. The molecule has 0 aliphatic carbocycles. The van der Waals surface area contributed by atoms with E-state index in [-0.39, 0.29) is 17.8 Å². The quantitative estimate of drug-likeness (QED) is 0.606. The van der Waals surface area contributed by atoms with Crippen molar-refractivity contribution >= 4 is 11.9 Å². The summed E-state index contributed by atoms with van der Waals surface area (Å²) >= 11 is 0. The Morgan fingerprint density at radius 3 is 2.53 bits per heavy atom. The van der Waals surface area contributed by atoms with Gasteiger partial charge in [-0.2, -0.15) is 0 Å². The van der Waals surface area contributed by atoms with Crippen molar-refractivity contribution in [2.24, 2.45) is 0 Å². The molecule has 154 valence electrons. The highest BCUT2D eigenvalue weighted by molar-refractivity contribution is 5.88. The smallest absolute Gasteiger partial charge is 0.378 e. The van der Waals surface area contributed by atoms with Crippen LogP contribution in [0.5, 0.6) is 0 Å². The molecule has 4 rings (SSSR count). The van der Waals surface area contributed by atoms with Crippen molar-refractivity contribution in [1.82, 2.24) is 20.1 Å². The van der Waals surface area contributed by atoms with Gasteiger partial charge in [0.2, 0.25) is 0 Å². The molecule has 8 heteroatoms. The Balaban J connectivity index is 1.46. The third-order valence-corrected chi connectivity index (χ3v) is 4.71. The minimum Gasteiger partial charge on any atom is -0.450 e. The number of rotatable bonds is 7. The fraction of sp³-hybridized carbons (Fsp3) is 0.273. The number of ether oxygens (including phenoxy) is 2. The molecule has 3 aromatic rings. The second-order valence-corrected chi connectivity index (χ2v) is 6.89. The number of aromatic nitrogens is 3. The number of hydrogen-bond acceptors (Lipinski definition) is 6. The first-order valence-electron chi connectivity index (χ1n) is 9.84. The van der Waals surface area contributed by atoms with Crippen molar-refractivity contribution < 1.29 is 19.1 Å². The third-order valence-electron chi connectivity index (χ3n) is 4.71. The molecule has 0 bridgehead atoms. The zero-order valence-electron chi connectivity index (χ0n) is 16.4. The molecule has 0 radical (unpaired) electrons. The van der Waals surface area contributed by atoms with E-state index in [4.69, 9.17) is 9.47 Å². The molecule has 1 aromatic heterocycles. The topological polar surface area (TPSA) is 95.3 Å². The Labute approximate surface area is 173 Å². The molecule has 0 unspecified atom stereocenters. The van der Waals surface area contributed by atoms with Crippen LogP contribution in [0.15, 0.2) is 60.7 Å². The van der Waals surface area contributed by atoms with Gasteiger partial charge < -0.3 is 14.8 Å². The molecule has 1 aliphatic rings. The molecule has 0 spiro atoms. The lowest BCUT2D eigenvalue weighted by atomic mass is 10.2. The van der Waals surface area contributed by atoms with Gasteiger partial charge in [-0.1, -0.05) is 48.5 Å². The lowest BCUT2D eigenvalue weighted by molar-refractivity contribution is -0.124. The summed E-state index contributed by atoms with van der Waals surface area (Å²) in [6.45, 7) is 0.733. The summed E-state index contributed by atoms with van der Waals surface area (Å²) in [6.07, 6.45) is 1.94. The number of amides is 1. The summed E-state index contributed by atoms with van der Waals surface area (Å²) in [6, 6.07) is 18.8. The average molecular weight is 406 g/mol. The Hall–Kier alpha value is -3.52. The summed E-state index contributed by atoms with van der Waals surface area (Å²) in [5, 5.41) is 7.04. The molecule has 2 aromatic carbocycles. The van der Waals surface area contributed by atoms with Crippen molar-refractivity contribution in [2.45, 2.75) is 18.9 Å². The van der Waals surface area contributed by atoms with Gasteiger partial charge in [0, 0.05) is 18.7 Å². The SMILES string of the molecule is O=C(COC(=O)c1nc(-c2ccccc2)n(-c2ccccc2)n1)NC[C@H]1CCCO1. The fourth-order valence-corrected chi connectivity index (χ4v) is 3.20. The summed E-state index contributed by atoms with van der Waals surface area (Å²) < 4.78 is 12.2. The highest BCUT2D eigenvalue weighted by atomic mass is 16.5. The first-order valence-corrected chi connectivity index (χ1v) is 9.84. The number of hydrogen-bond donors (Lipinski definition) is 1. The fourth-order valence-electron chi connectivity index (χ4n) is 3.20. The van der Waals surface area contributed by atoms with E-state index in [2.05, 4.69) is 15.4 Å². The highest BCUT2D eigenvalue weighted by Gasteiger charge is 2.21. The summed E-state index contributed by atoms with van der Waals surface area (Å²) in [7, 11) is 0. The second-order valence-electron chi connectivity index (χ2n) is 6.89. The number of para-hydroxylation sites is 1. The minimum absolute atomic E-state index is 0.0290. The van der Waals surface area contributed by atoms with Gasteiger partial charge in [0.1, 0.15) is 0 Å². The average Bonchev–Trinajstić information content (AvgIpc) is 3.47.